The number of nitrogens with two attached hydrogens (primary N) is 1. The zero-order valence-electron chi connectivity index (χ0n) is 11.5. The first-order valence-electron chi connectivity index (χ1n) is 6.51. The fourth-order valence-corrected chi connectivity index (χ4v) is 2.89. The van der Waals surface area contributed by atoms with Crippen LogP contribution >= 0.6 is 11.3 Å². The van der Waals surface area contributed by atoms with Crippen LogP contribution in [0.25, 0.3) is 21.6 Å². The van der Waals surface area contributed by atoms with E-state index in [4.69, 9.17) is 5.84 Å². The third-order valence-electron chi connectivity index (χ3n) is 3.30. The van der Waals surface area contributed by atoms with E-state index in [1.54, 1.807) is 23.5 Å². The average molecular weight is 305 g/mol. The van der Waals surface area contributed by atoms with Gasteiger partial charge in [-0.1, -0.05) is 24.3 Å². The van der Waals surface area contributed by atoms with Gasteiger partial charge in [-0.05, 0) is 34.2 Å². The fraction of sp³-hybridized carbons (Fsp3) is 0. The van der Waals surface area contributed by atoms with Crippen LogP contribution in [0.3, 0.4) is 0 Å². The van der Waals surface area contributed by atoms with E-state index in [-0.39, 0.29) is 10.6 Å². The number of nitroso groups, excluding NO2 is 1. The largest absolute Gasteiger partial charge is 0.293 e. The monoisotopic (exact) mass is 305 g/mol. The van der Waals surface area contributed by atoms with E-state index in [1.165, 1.54) is 6.07 Å². The Kier molecular flexibility index (Phi) is 3.69. The lowest BCUT2D eigenvalue weighted by molar-refractivity contribution is -0.474. The molecule has 0 aliphatic rings. The minimum atomic E-state index is 0.250. The molecule has 0 spiro atoms. The van der Waals surface area contributed by atoms with Gasteiger partial charge in [-0.15, -0.1) is 11.3 Å². The molecule has 0 saturated carbocycles. The molecule has 3 aromatic rings. The Morgan fingerprint density at radius 1 is 1.14 bits per heavy atom. The zero-order valence-corrected chi connectivity index (χ0v) is 12.3. The molecule has 1 heterocycles. The summed E-state index contributed by atoms with van der Waals surface area (Å²) in [5, 5.41) is 11.3. The first-order chi connectivity index (χ1) is 10.7. The third-order valence-corrected chi connectivity index (χ3v) is 4.17. The molecule has 0 unspecified atom stereocenters. The molecule has 0 aliphatic carbocycles. The normalized spacial score (nSPS) is 10.1. The zero-order chi connectivity index (χ0) is 15.5. The van der Waals surface area contributed by atoms with Crippen LogP contribution in [0.5, 0.6) is 0 Å². The summed E-state index contributed by atoms with van der Waals surface area (Å²) in [4.78, 5) is 12.4. The molecule has 105 valence electrons. The van der Waals surface area contributed by atoms with E-state index >= 15 is 0 Å². The van der Waals surface area contributed by atoms with Crippen molar-refractivity contribution in [2.75, 3.05) is 0 Å². The molecule has 4 nitrogen and oxygen atoms in total. The molecule has 1 aromatic heterocycles. The quantitative estimate of drug-likeness (QED) is 0.451. The fourth-order valence-electron chi connectivity index (χ4n) is 2.21. The van der Waals surface area contributed by atoms with Gasteiger partial charge < -0.3 is 0 Å². The van der Waals surface area contributed by atoms with Crippen molar-refractivity contribution in [2.45, 2.75) is 0 Å². The van der Waals surface area contributed by atoms with Crippen molar-refractivity contribution in [1.29, 1.82) is 5.26 Å². The van der Waals surface area contributed by atoms with Gasteiger partial charge in [0.15, 0.2) is 4.87 Å². The summed E-state index contributed by atoms with van der Waals surface area (Å²) >= 11 is 1.63. The standard InChI is InChI=1S/C17H11N3OS/c18-11-14-10-15(20(19)21)7-8-16(14)12-3-5-13(6-4-12)17-2-1-9-22-17/h1,3-10H,(H2,19,21)/q+1. The minimum Gasteiger partial charge on any atom is -0.192 e. The summed E-state index contributed by atoms with van der Waals surface area (Å²) < 4.78 is 0. The summed E-state index contributed by atoms with van der Waals surface area (Å²) in [6, 6.07) is 19.9. The molecule has 0 amide bonds. The lowest BCUT2D eigenvalue weighted by Gasteiger charge is -2.05. The Balaban J connectivity index is 2.01. The van der Waals surface area contributed by atoms with E-state index < -0.39 is 0 Å². The number of benzene rings is 2. The predicted molar refractivity (Wildman–Crippen MR) is 86.2 cm³/mol. The molecule has 5 heteroatoms. The van der Waals surface area contributed by atoms with Gasteiger partial charge in [0.05, 0.1) is 10.5 Å². The highest BCUT2D eigenvalue weighted by Gasteiger charge is 2.14. The maximum Gasteiger partial charge on any atom is 0.293 e. The number of rotatable bonds is 3. The Hall–Kier alpha value is -2.97. The summed E-state index contributed by atoms with van der Waals surface area (Å²) in [6.45, 7) is 0. The molecule has 0 saturated heterocycles. The highest BCUT2D eigenvalue weighted by atomic mass is 32.1. The van der Waals surface area contributed by atoms with Gasteiger partial charge in [0, 0.05) is 23.1 Å². The number of thiophene rings is 1. The Bertz CT molecular complexity index is 862. The topological polar surface area (TPSA) is 69.9 Å². The molecule has 0 bridgehead atoms. The van der Waals surface area contributed by atoms with E-state index in [0.29, 0.717) is 5.56 Å². The summed E-state index contributed by atoms with van der Waals surface area (Å²) in [7, 11) is 0. The molecule has 2 aromatic carbocycles. The first kappa shape index (κ1) is 14.0. The Morgan fingerprint density at radius 3 is 2.45 bits per heavy atom. The SMILES string of the molecule is N#Cc1cc([N+](N)=O)ccc1-c1ccc(-c2[c]ccs2)cc1. The number of hydrogen-bond donors (Lipinski definition) is 1. The van der Waals surface area contributed by atoms with Crippen molar-refractivity contribution in [1.82, 2.24) is 0 Å². The van der Waals surface area contributed by atoms with Crippen molar-refractivity contribution in [2.24, 2.45) is 5.84 Å². The van der Waals surface area contributed by atoms with Gasteiger partial charge in [-0.3, -0.25) is 0 Å². The molecule has 1 radical (unpaired) electrons. The van der Waals surface area contributed by atoms with Gasteiger partial charge in [0.2, 0.25) is 0 Å². The average Bonchev–Trinajstić information content (AvgIpc) is 3.09. The van der Waals surface area contributed by atoms with Crippen LogP contribution in [0.1, 0.15) is 5.56 Å². The number of nitriles is 1. The van der Waals surface area contributed by atoms with Crippen LogP contribution in [-0.4, -0.2) is 4.87 Å². The second-order valence-electron chi connectivity index (χ2n) is 4.64. The van der Waals surface area contributed by atoms with Crippen molar-refractivity contribution < 1.29 is 4.87 Å². The van der Waals surface area contributed by atoms with Crippen LogP contribution in [0, 0.1) is 22.3 Å². The van der Waals surface area contributed by atoms with Crippen molar-refractivity contribution in [3.63, 3.8) is 0 Å². The Labute approximate surface area is 131 Å². The Morgan fingerprint density at radius 2 is 1.86 bits per heavy atom. The van der Waals surface area contributed by atoms with Gasteiger partial charge in [0.1, 0.15) is 6.07 Å². The molecular weight excluding hydrogens is 294 g/mol. The summed E-state index contributed by atoms with van der Waals surface area (Å²) in [6.07, 6.45) is 0. The minimum absolute atomic E-state index is 0.250. The smallest absolute Gasteiger partial charge is 0.192 e. The predicted octanol–water partition coefficient (Wildman–Crippen LogP) is 4.04. The van der Waals surface area contributed by atoms with Crippen molar-refractivity contribution in [3.8, 4) is 27.6 Å². The summed E-state index contributed by atoms with van der Waals surface area (Å²) in [5.41, 5.74) is 3.44. The van der Waals surface area contributed by atoms with Crippen LogP contribution in [-0.2, 0) is 0 Å². The van der Waals surface area contributed by atoms with E-state index in [2.05, 4.69) is 12.1 Å². The number of nitrogens with zero attached hydrogens (tertiary/aromatic N) is 2. The maximum atomic E-state index is 11.1. The van der Waals surface area contributed by atoms with Gasteiger partial charge >= 0.3 is 0 Å². The molecule has 2 N–H and O–H groups in total. The van der Waals surface area contributed by atoms with E-state index in [9.17, 15) is 10.2 Å². The molecule has 0 fully saturated rings. The molecule has 3 rings (SSSR count). The molecule has 22 heavy (non-hydrogen) atoms. The van der Waals surface area contributed by atoms with Gasteiger partial charge in [-0.2, -0.15) is 11.1 Å². The molecule has 0 aliphatic heterocycles. The van der Waals surface area contributed by atoms with Crippen LogP contribution in [0.15, 0.2) is 53.9 Å². The molecule has 0 atom stereocenters. The van der Waals surface area contributed by atoms with Crippen molar-refractivity contribution >= 4 is 17.0 Å². The van der Waals surface area contributed by atoms with Crippen LogP contribution in [0.4, 0.5) is 5.69 Å². The highest BCUT2D eigenvalue weighted by Crippen LogP contribution is 2.30. The number of hydrogen-bond acceptors (Lipinski definition) is 3. The summed E-state index contributed by atoms with van der Waals surface area (Å²) in [5.74, 6) is 5.17. The molecular formula is C17H11N3OS+. The lowest BCUT2D eigenvalue weighted by Crippen LogP contribution is -2.08. The lowest BCUT2D eigenvalue weighted by atomic mass is 9.98. The van der Waals surface area contributed by atoms with E-state index in [0.717, 1.165) is 21.6 Å². The third kappa shape index (κ3) is 2.60. The van der Waals surface area contributed by atoms with E-state index in [1.807, 2.05) is 35.7 Å². The second kappa shape index (κ2) is 5.80. The van der Waals surface area contributed by atoms with Crippen LogP contribution in [0.2, 0.25) is 0 Å². The first-order valence-corrected chi connectivity index (χ1v) is 7.39. The highest BCUT2D eigenvalue weighted by molar-refractivity contribution is 7.13. The van der Waals surface area contributed by atoms with Crippen LogP contribution < -0.4 is 5.84 Å². The van der Waals surface area contributed by atoms with Gasteiger partial charge in [-0.25, -0.2) is 0 Å². The second-order valence-corrected chi connectivity index (χ2v) is 5.56. The van der Waals surface area contributed by atoms with Gasteiger partial charge in [0.25, 0.3) is 5.69 Å². The van der Waals surface area contributed by atoms with Crippen molar-refractivity contribution in [3.05, 3.63) is 70.4 Å². The number of hydrazine groups is 1. The maximum absolute atomic E-state index is 11.1.